The molecule has 0 saturated carbocycles. The SMILES string of the molecule is CCNc1nc(OC)nc(N(C)C(C)(C)C)n1. The third-order valence-electron chi connectivity index (χ3n) is 2.43. The molecule has 0 aromatic carbocycles. The van der Waals surface area contributed by atoms with Crippen LogP contribution in [0.25, 0.3) is 0 Å². The van der Waals surface area contributed by atoms with Crippen molar-refractivity contribution in [3.63, 3.8) is 0 Å². The van der Waals surface area contributed by atoms with Crippen LogP contribution in [-0.2, 0) is 0 Å². The Kier molecular flexibility index (Phi) is 4.09. The van der Waals surface area contributed by atoms with Crippen LogP contribution < -0.4 is 15.0 Å². The van der Waals surface area contributed by atoms with E-state index in [-0.39, 0.29) is 5.54 Å². The highest BCUT2D eigenvalue weighted by Crippen LogP contribution is 2.20. The van der Waals surface area contributed by atoms with Crippen LogP contribution in [0.4, 0.5) is 11.9 Å². The van der Waals surface area contributed by atoms with E-state index >= 15 is 0 Å². The minimum absolute atomic E-state index is 0.0597. The minimum atomic E-state index is -0.0597. The van der Waals surface area contributed by atoms with Crippen LogP contribution in [0, 0.1) is 0 Å². The van der Waals surface area contributed by atoms with Crippen molar-refractivity contribution in [3.8, 4) is 6.01 Å². The number of aromatic nitrogens is 3. The molecule has 0 atom stereocenters. The number of nitrogens with zero attached hydrogens (tertiary/aromatic N) is 4. The van der Waals surface area contributed by atoms with E-state index in [9.17, 15) is 0 Å². The number of anilines is 2. The van der Waals surface area contributed by atoms with Gasteiger partial charge in [0.1, 0.15) is 0 Å². The van der Waals surface area contributed by atoms with E-state index in [1.807, 2.05) is 18.9 Å². The zero-order valence-corrected chi connectivity index (χ0v) is 11.4. The molecule has 0 aliphatic rings. The summed E-state index contributed by atoms with van der Waals surface area (Å²) in [6.07, 6.45) is 0. The third kappa shape index (κ3) is 3.44. The maximum Gasteiger partial charge on any atom is 0.322 e. The second-order valence-electron chi connectivity index (χ2n) is 4.71. The number of rotatable bonds is 4. The highest BCUT2D eigenvalue weighted by molar-refractivity contribution is 5.39. The fourth-order valence-corrected chi connectivity index (χ4v) is 1.12. The van der Waals surface area contributed by atoms with Gasteiger partial charge in [-0.3, -0.25) is 0 Å². The molecule has 0 amide bonds. The first-order valence-electron chi connectivity index (χ1n) is 5.66. The van der Waals surface area contributed by atoms with Gasteiger partial charge in [0, 0.05) is 19.1 Å². The van der Waals surface area contributed by atoms with Crippen LogP contribution in [0.5, 0.6) is 6.01 Å². The van der Waals surface area contributed by atoms with Crippen molar-refractivity contribution in [1.29, 1.82) is 0 Å². The van der Waals surface area contributed by atoms with Crippen molar-refractivity contribution in [2.75, 3.05) is 30.9 Å². The van der Waals surface area contributed by atoms with Crippen LogP contribution in [0.3, 0.4) is 0 Å². The van der Waals surface area contributed by atoms with Gasteiger partial charge in [0.05, 0.1) is 7.11 Å². The number of methoxy groups -OCH3 is 1. The number of hydrogen-bond donors (Lipinski definition) is 1. The molecule has 0 saturated heterocycles. The molecule has 0 fully saturated rings. The van der Waals surface area contributed by atoms with Crippen molar-refractivity contribution < 1.29 is 4.74 Å². The number of nitrogens with one attached hydrogen (secondary N) is 1. The van der Waals surface area contributed by atoms with E-state index < -0.39 is 0 Å². The highest BCUT2D eigenvalue weighted by atomic mass is 16.5. The van der Waals surface area contributed by atoms with Gasteiger partial charge in [0.15, 0.2) is 0 Å². The first-order chi connectivity index (χ1) is 7.88. The normalized spacial score (nSPS) is 11.2. The molecule has 0 aliphatic carbocycles. The molecule has 1 aromatic heterocycles. The van der Waals surface area contributed by atoms with Gasteiger partial charge in [-0.2, -0.15) is 15.0 Å². The molecule has 17 heavy (non-hydrogen) atoms. The Morgan fingerprint density at radius 2 is 1.88 bits per heavy atom. The largest absolute Gasteiger partial charge is 0.467 e. The fourth-order valence-electron chi connectivity index (χ4n) is 1.12. The first-order valence-corrected chi connectivity index (χ1v) is 5.66. The molecule has 0 spiro atoms. The van der Waals surface area contributed by atoms with E-state index in [4.69, 9.17) is 4.74 Å². The maximum absolute atomic E-state index is 5.08. The minimum Gasteiger partial charge on any atom is -0.467 e. The predicted octanol–water partition coefficient (Wildman–Crippen LogP) is 1.55. The molecule has 1 rings (SSSR count). The van der Waals surface area contributed by atoms with E-state index in [0.717, 1.165) is 6.54 Å². The monoisotopic (exact) mass is 239 g/mol. The Balaban J connectivity index is 3.10. The van der Waals surface area contributed by atoms with Crippen LogP contribution in [0.2, 0.25) is 0 Å². The zero-order chi connectivity index (χ0) is 13.1. The Bertz CT molecular complexity index is 375. The van der Waals surface area contributed by atoms with Crippen LogP contribution in [-0.4, -0.2) is 41.2 Å². The Morgan fingerprint density at radius 1 is 1.24 bits per heavy atom. The Morgan fingerprint density at radius 3 is 2.35 bits per heavy atom. The first kappa shape index (κ1) is 13.5. The molecule has 0 radical (unpaired) electrons. The quantitative estimate of drug-likeness (QED) is 0.860. The van der Waals surface area contributed by atoms with E-state index in [0.29, 0.717) is 17.9 Å². The molecule has 6 heteroatoms. The van der Waals surface area contributed by atoms with Gasteiger partial charge in [-0.05, 0) is 27.7 Å². The van der Waals surface area contributed by atoms with E-state index in [1.54, 1.807) is 7.11 Å². The molecule has 96 valence electrons. The van der Waals surface area contributed by atoms with Gasteiger partial charge in [-0.1, -0.05) is 0 Å². The van der Waals surface area contributed by atoms with Crippen molar-refractivity contribution in [3.05, 3.63) is 0 Å². The number of hydrogen-bond acceptors (Lipinski definition) is 6. The van der Waals surface area contributed by atoms with Gasteiger partial charge >= 0.3 is 6.01 Å². The van der Waals surface area contributed by atoms with Gasteiger partial charge in [-0.15, -0.1) is 0 Å². The van der Waals surface area contributed by atoms with Crippen molar-refractivity contribution in [2.45, 2.75) is 33.2 Å². The zero-order valence-electron chi connectivity index (χ0n) is 11.4. The standard InChI is InChI=1S/C11H21N5O/c1-7-12-8-13-9(15-10(14-8)17-6)16(5)11(2,3)4/h7H2,1-6H3,(H,12,13,14,15). The average Bonchev–Trinajstić information content (AvgIpc) is 2.26. The third-order valence-corrected chi connectivity index (χ3v) is 2.43. The summed E-state index contributed by atoms with van der Waals surface area (Å²) in [5, 5.41) is 3.06. The van der Waals surface area contributed by atoms with E-state index in [2.05, 4.69) is 41.0 Å². The molecule has 1 N–H and O–H groups in total. The summed E-state index contributed by atoms with van der Waals surface area (Å²) in [4.78, 5) is 14.7. The summed E-state index contributed by atoms with van der Waals surface area (Å²) in [5.41, 5.74) is -0.0597. The molecule has 0 unspecified atom stereocenters. The van der Waals surface area contributed by atoms with Crippen LogP contribution >= 0.6 is 0 Å². The van der Waals surface area contributed by atoms with Gasteiger partial charge in [0.2, 0.25) is 11.9 Å². The van der Waals surface area contributed by atoms with Crippen molar-refractivity contribution in [1.82, 2.24) is 15.0 Å². The smallest absolute Gasteiger partial charge is 0.322 e. The molecule has 1 heterocycles. The van der Waals surface area contributed by atoms with Crippen molar-refractivity contribution in [2.24, 2.45) is 0 Å². The lowest BCUT2D eigenvalue weighted by atomic mass is 10.1. The molecule has 0 bridgehead atoms. The molecule has 0 aliphatic heterocycles. The maximum atomic E-state index is 5.08. The molecule has 6 nitrogen and oxygen atoms in total. The van der Waals surface area contributed by atoms with Gasteiger partial charge < -0.3 is 15.0 Å². The summed E-state index contributed by atoms with van der Waals surface area (Å²) < 4.78 is 5.08. The lowest BCUT2D eigenvalue weighted by Gasteiger charge is -2.31. The molecule has 1 aromatic rings. The topological polar surface area (TPSA) is 63.2 Å². The Labute approximate surface area is 102 Å². The summed E-state index contributed by atoms with van der Waals surface area (Å²) in [7, 11) is 3.50. The van der Waals surface area contributed by atoms with Gasteiger partial charge in [0.25, 0.3) is 0 Å². The van der Waals surface area contributed by atoms with Crippen LogP contribution in [0.1, 0.15) is 27.7 Å². The summed E-state index contributed by atoms with van der Waals surface area (Å²) >= 11 is 0. The number of ether oxygens (including phenoxy) is 1. The van der Waals surface area contributed by atoms with Crippen LogP contribution in [0.15, 0.2) is 0 Å². The summed E-state index contributed by atoms with van der Waals surface area (Å²) in [6.45, 7) is 9.03. The highest BCUT2D eigenvalue weighted by Gasteiger charge is 2.21. The summed E-state index contributed by atoms with van der Waals surface area (Å²) in [6, 6.07) is 0.321. The second-order valence-corrected chi connectivity index (χ2v) is 4.71. The Hall–Kier alpha value is -1.59. The van der Waals surface area contributed by atoms with Crippen molar-refractivity contribution >= 4 is 11.9 Å². The van der Waals surface area contributed by atoms with Gasteiger partial charge in [-0.25, -0.2) is 0 Å². The average molecular weight is 239 g/mol. The second kappa shape index (κ2) is 5.16. The molecular weight excluding hydrogens is 218 g/mol. The van der Waals surface area contributed by atoms with E-state index in [1.165, 1.54) is 0 Å². The lowest BCUT2D eigenvalue weighted by molar-refractivity contribution is 0.377. The fraction of sp³-hybridized carbons (Fsp3) is 0.727. The predicted molar refractivity (Wildman–Crippen MR) is 68.7 cm³/mol. The lowest BCUT2D eigenvalue weighted by Crippen LogP contribution is -2.39. The molecular formula is C11H21N5O. The summed E-state index contributed by atoms with van der Waals surface area (Å²) in [5.74, 6) is 1.13.